The van der Waals surface area contributed by atoms with Gasteiger partial charge in [-0.25, -0.2) is 40.6 Å². The number of hydrogen-bond acceptors (Lipinski definition) is 15. The molecule has 0 spiro atoms. The fourth-order valence-corrected chi connectivity index (χ4v) is 12.3. The zero-order valence-corrected chi connectivity index (χ0v) is 48.5. The van der Waals surface area contributed by atoms with E-state index in [0.29, 0.717) is 47.4 Å². The summed E-state index contributed by atoms with van der Waals surface area (Å²) in [4.78, 5) is 57.4. The van der Waals surface area contributed by atoms with Crippen LogP contribution in [0.1, 0.15) is 135 Å². The summed E-state index contributed by atoms with van der Waals surface area (Å²) in [5.74, 6) is 1.09. The Kier molecular flexibility index (Phi) is 17.8. The van der Waals surface area contributed by atoms with Gasteiger partial charge in [-0.2, -0.15) is 0 Å². The van der Waals surface area contributed by atoms with Crippen molar-refractivity contribution in [1.29, 1.82) is 0 Å². The third-order valence-corrected chi connectivity index (χ3v) is 15.9. The minimum Gasteiger partial charge on any atom is -0.444 e. The molecule has 8 heterocycles. The zero-order valence-electron chi connectivity index (χ0n) is 45.4. The summed E-state index contributed by atoms with van der Waals surface area (Å²) < 4.78 is 61.5. The van der Waals surface area contributed by atoms with Crippen molar-refractivity contribution in [2.75, 3.05) is 71.0 Å². The summed E-state index contributed by atoms with van der Waals surface area (Å²) >= 11 is 12.4. The second-order valence-electron chi connectivity index (χ2n) is 22.0. The maximum atomic E-state index is 13.9. The van der Waals surface area contributed by atoms with Gasteiger partial charge >= 0.3 is 6.09 Å². The fourth-order valence-electron chi connectivity index (χ4n) is 10.8. The Morgan fingerprint density at radius 3 is 1.52 bits per heavy atom. The van der Waals surface area contributed by atoms with Crippen molar-refractivity contribution < 1.29 is 36.0 Å². The Labute approximate surface area is 477 Å². The van der Waals surface area contributed by atoms with Crippen molar-refractivity contribution in [3.05, 3.63) is 105 Å². The van der Waals surface area contributed by atoms with Crippen LogP contribution < -0.4 is 30.3 Å². The van der Waals surface area contributed by atoms with Crippen LogP contribution in [0.5, 0.6) is 0 Å². The molecule has 22 nitrogen and oxygen atoms in total. The molecule has 4 aromatic heterocycles. The molecule has 0 unspecified atom stereocenters. The first-order chi connectivity index (χ1) is 37.3. The lowest BCUT2D eigenvalue weighted by Gasteiger charge is -2.35. The van der Waals surface area contributed by atoms with Gasteiger partial charge in [0.25, 0.3) is 11.8 Å². The van der Waals surface area contributed by atoms with Crippen LogP contribution in [-0.2, 0) is 24.8 Å². The lowest BCUT2D eigenvalue weighted by molar-refractivity contribution is 0.0507. The first kappa shape index (κ1) is 59.6. The first-order valence-corrected chi connectivity index (χ1v) is 30.9. The van der Waals surface area contributed by atoms with Crippen LogP contribution in [0.2, 0.25) is 10.0 Å². The molecule has 432 valence electrons. The highest BCUT2D eigenvalue weighted by atomic mass is 35.5. The molecule has 4 fully saturated rings. The molecule has 2 aromatic carbocycles. The van der Waals surface area contributed by atoms with Crippen molar-refractivity contribution in [2.24, 2.45) is 5.73 Å². The third kappa shape index (κ3) is 14.2. The van der Waals surface area contributed by atoms with Crippen LogP contribution in [0.4, 0.5) is 27.8 Å². The first-order valence-electron chi connectivity index (χ1n) is 26.4. The lowest BCUT2D eigenvalue weighted by Crippen LogP contribution is -2.40. The lowest BCUT2D eigenvalue weighted by atomic mass is 9.98. The Morgan fingerprint density at radius 1 is 0.650 bits per heavy atom. The number of rotatable bonds is 11. The maximum absolute atomic E-state index is 13.9. The number of aryl methyl sites for hydroxylation is 2. The number of ether oxygens (including phenoxy) is 1. The number of nitrogens with one attached hydrogen (secondary N) is 3. The summed E-state index contributed by atoms with van der Waals surface area (Å²) in [6, 6.07) is 12.6. The summed E-state index contributed by atoms with van der Waals surface area (Å²) in [5.41, 5.74) is 11.2. The highest BCUT2D eigenvalue weighted by Gasteiger charge is 2.35. The number of amides is 3. The van der Waals surface area contributed by atoms with Gasteiger partial charge in [-0.05, 0) is 146 Å². The number of sulfonamides is 2. The van der Waals surface area contributed by atoms with Crippen molar-refractivity contribution in [3.8, 4) is 0 Å². The molecule has 5 N–H and O–H groups in total. The quantitative estimate of drug-likeness (QED) is 0.0954. The predicted molar refractivity (Wildman–Crippen MR) is 312 cm³/mol. The second kappa shape index (κ2) is 23.9. The molecular formula is C54H72Cl2N14O8S2. The highest BCUT2D eigenvalue weighted by molar-refractivity contribution is 7.92. The van der Waals surface area contributed by atoms with E-state index < -0.39 is 31.7 Å². The van der Waals surface area contributed by atoms with Gasteiger partial charge in [0.15, 0.2) is 22.9 Å². The van der Waals surface area contributed by atoms with Gasteiger partial charge < -0.3 is 35.4 Å². The summed E-state index contributed by atoms with van der Waals surface area (Å²) in [6.45, 7) is 13.5. The molecule has 4 saturated heterocycles. The van der Waals surface area contributed by atoms with E-state index in [0.717, 1.165) is 111 Å². The third-order valence-electron chi connectivity index (χ3n) is 14.2. The van der Waals surface area contributed by atoms with E-state index in [9.17, 15) is 31.2 Å². The number of alkyl carbamates (subject to hydrolysis) is 1. The number of nitrogens with zero attached hydrogens (tertiary/aromatic N) is 10. The van der Waals surface area contributed by atoms with Crippen LogP contribution in [0.15, 0.2) is 60.9 Å². The topological polar surface area (TPSA) is 264 Å². The minimum atomic E-state index is -3.61. The van der Waals surface area contributed by atoms with Gasteiger partial charge in [-0.1, -0.05) is 30.6 Å². The van der Waals surface area contributed by atoms with Gasteiger partial charge in [-0.15, -0.1) is 10.2 Å². The van der Waals surface area contributed by atoms with E-state index >= 15 is 0 Å². The molecule has 10 rings (SSSR count). The van der Waals surface area contributed by atoms with Crippen LogP contribution in [0.25, 0.3) is 11.3 Å². The van der Waals surface area contributed by atoms with E-state index in [4.69, 9.17) is 53.8 Å². The molecular weight excluding hydrogens is 1110 g/mol. The van der Waals surface area contributed by atoms with E-state index in [-0.39, 0.29) is 65.9 Å². The number of likely N-dealkylation sites (tertiary alicyclic amines) is 2. The second-order valence-corrected chi connectivity index (χ2v) is 26.3. The number of piperidine rings is 2. The minimum absolute atomic E-state index is 0. The SMILES string of the molecule is C.Cc1cc2nc([C@@H]3CCCCN3C(=O)c3cc(Cl)ccc3NS(C)(=O)=O)cn2nc1N1CC[C@H](N)C1.Cc1cc2nc([C@@H]3CCCCN3C(=O)c3cc(Cl)ccc3NS(C)(=O)=O)cn2nc1N1CC[C@H](NC(=O)OC(C)(C)C)C1. The number of hydrogen-bond donors (Lipinski definition) is 4. The molecule has 80 heavy (non-hydrogen) atoms. The van der Waals surface area contributed by atoms with Crippen LogP contribution in [-0.4, -0.2) is 143 Å². The normalized spacial score (nSPS) is 19.8. The summed E-state index contributed by atoms with van der Waals surface area (Å²) in [5, 5.41) is 13.3. The number of carbonyl (C=O) groups excluding carboxylic acids is 3. The number of carbonyl (C=O) groups is 3. The van der Waals surface area contributed by atoms with E-state index in [1.165, 1.54) is 24.3 Å². The molecule has 4 aliphatic rings. The van der Waals surface area contributed by atoms with Crippen molar-refractivity contribution in [2.45, 2.75) is 123 Å². The number of halogens is 2. The summed E-state index contributed by atoms with van der Waals surface area (Å²) in [7, 11) is -7.19. The van der Waals surface area contributed by atoms with Gasteiger partial charge in [0.05, 0.1) is 76.9 Å². The Balaban J connectivity index is 0.000000211. The van der Waals surface area contributed by atoms with Gasteiger partial charge in [-0.3, -0.25) is 19.0 Å². The zero-order chi connectivity index (χ0) is 56.7. The Hall–Kier alpha value is -6.47. The van der Waals surface area contributed by atoms with Crippen molar-refractivity contribution >= 4 is 95.5 Å². The Bertz CT molecular complexity index is 3540. The van der Waals surface area contributed by atoms with E-state index in [1.807, 2.05) is 59.1 Å². The van der Waals surface area contributed by atoms with Crippen molar-refractivity contribution in [1.82, 2.24) is 44.3 Å². The van der Waals surface area contributed by atoms with Gasteiger partial charge in [0.1, 0.15) is 5.60 Å². The molecule has 0 aliphatic carbocycles. The standard InChI is InChI=1S/C29H38ClN7O5S.C24H30ClN7O3S.CH4/c1-18-14-25-32-23(17-37(25)33-26(18)35-13-11-20(16-35)31-28(39)42-29(2,3)4)24-8-6-7-12-36(24)27(38)21-15-19(30)9-10-22(21)34-43(5,40)41;1-15-11-22-27-20(14-32(22)28-23(15)30-10-8-17(26)13-30)21-5-3-4-9-31(21)24(33)18-12-16(25)6-7-19(18)29-36(2,34)35;/h9-10,14-15,17,20,24,34H,6-8,11-13,16H2,1-5H3,(H,31,39);6-7,11-12,14,17,21,29H,3-5,8-10,13,26H2,1-2H3;1H4/t20-,24-;17-,21-;/m00./s1. The summed E-state index contributed by atoms with van der Waals surface area (Å²) in [6.07, 6.45) is 12.1. The van der Waals surface area contributed by atoms with Crippen LogP contribution >= 0.6 is 23.2 Å². The van der Waals surface area contributed by atoms with Crippen LogP contribution in [0, 0.1) is 13.8 Å². The number of aromatic nitrogens is 6. The molecule has 4 atom stereocenters. The number of fused-ring (bicyclic) bond motifs is 2. The largest absolute Gasteiger partial charge is 0.444 e. The molecule has 6 aromatic rings. The van der Waals surface area contributed by atoms with Gasteiger partial charge in [0, 0.05) is 55.4 Å². The molecule has 0 saturated carbocycles. The van der Waals surface area contributed by atoms with Crippen LogP contribution in [0.3, 0.4) is 0 Å². The monoisotopic (exact) mass is 1180 g/mol. The smallest absolute Gasteiger partial charge is 0.407 e. The molecule has 3 amide bonds. The predicted octanol–water partition coefficient (Wildman–Crippen LogP) is 8.14. The Morgan fingerprint density at radius 2 is 1.10 bits per heavy atom. The van der Waals surface area contributed by atoms with E-state index in [2.05, 4.69) is 24.6 Å². The van der Waals surface area contributed by atoms with Gasteiger partial charge in [0.2, 0.25) is 20.0 Å². The average molecular weight is 1180 g/mol. The highest BCUT2D eigenvalue weighted by Crippen LogP contribution is 2.37. The number of anilines is 4. The number of imidazole rings is 2. The maximum Gasteiger partial charge on any atom is 0.407 e. The molecule has 0 radical (unpaired) electrons. The molecule has 0 bridgehead atoms. The number of benzene rings is 2. The molecule has 26 heteroatoms. The molecule has 4 aliphatic heterocycles. The average Bonchev–Trinajstić information content (AvgIpc) is 4.21. The van der Waals surface area contributed by atoms with E-state index in [1.54, 1.807) is 31.0 Å². The fraction of sp³-hybridized carbons (Fsp3) is 0.500. The number of nitrogens with two attached hydrogens (primary N) is 1. The van der Waals surface area contributed by atoms with Crippen molar-refractivity contribution in [3.63, 3.8) is 0 Å².